The van der Waals surface area contributed by atoms with Crippen molar-refractivity contribution in [1.29, 1.82) is 0 Å². The predicted molar refractivity (Wildman–Crippen MR) is 87.8 cm³/mol. The van der Waals surface area contributed by atoms with Crippen molar-refractivity contribution in [2.45, 2.75) is 6.92 Å². The highest BCUT2D eigenvalue weighted by Gasteiger charge is 2.07. The first-order chi connectivity index (χ1) is 10.2. The van der Waals surface area contributed by atoms with E-state index in [0.29, 0.717) is 5.02 Å². The number of anilines is 2. The molecule has 3 aromatic rings. The minimum Gasteiger partial charge on any atom is -0.497 e. The Bertz CT molecular complexity index is 802. The SMILES string of the molecule is COc1ccc2c(Nc3ccccc3Cl)cc(C)nc2c1. The van der Waals surface area contributed by atoms with Gasteiger partial charge in [-0.2, -0.15) is 0 Å². The molecule has 0 amide bonds. The van der Waals surface area contributed by atoms with Crippen LogP contribution in [-0.4, -0.2) is 12.1 Å². The van der Waals surface area contributed by atoms with Crippen LogP contribution in [0, 0.1) is 6.92 Å². The van der Waals surface area contributed by atoms with E-state index >= 15 is 0 Å². The maximum atomic E-state index is 6.21. The summed E-state index contributed by atoms with van der Waals surface area (Å²) in [5.74, 6) is 0.796. The van der Waals surface area contributed by atoms with Gasteiger partial charge in [0.15, 0.2) is 0 Å². The zero-order valence-electron chi connectivity index (χ0n) is 11.9. The first-order valence-electron chi connectivity index (χ1n) is 6.64. The van der Waals surface area contributed by atoms with Gasteiger partial charge in [0.05, 0.1) is 23.3 Å². The lowest BCUT2D eigenvalue weighted by molar-refractivity contribution is 0.415. The number of hydrogen-bond donors (Lipinski definition) is 1. The number of fused-ring (bicyclic) bond motifs is 1. The molecule has 0 atom stereocenters. The van der Waals surface area contributed by atoms with Crippen molar-refractivity contribution < 1.29 is 4.74 Å². The summed E-state index contributed by atoms with van der Waals surface area (Å²) >= 11 is 6.21. The van der Waals surface area contributed by atoms with E-state index in [-0.39, 0.29) is 0 Å². The molecule has 0 saturated heterocycles. The first-order valence-corrected chi connectivity index (χ1v) is 7.02. The Balaban J connectivity index is 2.11. The number of methoxy groups -OCH3 is 1. The number of para-hydroxylation sites is 1. The lowest BCUT2D eigenvalue weighted by atomic mass is 10.1. The molecule has 0 unspecified atom stereocenters. The van der Waals surface area contributed by atoms with Crippen molar-refractivity contribution in [3.8, 4) is 5.75 Å². The monoisotopic (exact) mass is 298 g/mol. The summed E-state index contributed by atoms with van der Waals surface area (Å²) < 4.78 is 5.26. The molecule has 0 spiro atoms. The van der Waals surface area contributed by atoms with Crippen molar-refractivity contribution >= 4 is 33.9 Å². The van der Waals surface area contributed by atoms with Crippen LogP contribution >= 0.6 is 11.6 Å². The van der Waals surface area contributed by atoms with E-state index in [1.165, 1.54) is 0 Å². The van der Waals surface area contributed by atoms with Gasteiger partial charge in [-0.15, -0.1) is 0 Å². The lowest BCUT2D eigenvalue weighted by Crippen LogP contribution is -1.95. The van der Waals surface area contributed by atoms with Gasteiger partial charge in [-0.25, -0.2) is 0 Å². The van der Waals surface area contributed by atoms with Crippen molar-refractivity contribution in [2.75, 3.05) is 12.4 Å². The van der Waals surface area contributed by atoms with Crippen molar-refractivity contribution in [2.24, 2.45) is 0 Å². The fourth-order valence-corrected chi connectivity index (χ4v) is 2.46. The van der Waals surface area contributed by atoms with Gasteiger partial charge >= 0.3 is 0 Å². The molecule has 0 aliphatic rings. The quantitative estimate of drug-likeness (QED) is 0.743. The fourth-order valence-electron chi connectivity index (χ4n) is 2.28. The summed E-state index contributed by atoms with van der Waals surface area (Å²) in [5.41, 5.74) is 3.68. The molecular weight excluding hydrogens is 284 g/mol. The van der Waals surface area contributed by atoms with Gasteiger partial charge in [-0.1, -0.05) is 23.7 Å². The Morgan fingerprint density at radius 2 is 1.86 bits per heavy atom. The minimum atomic E-state index is 0.689. The number of aryl methyl sites for hydroxylation is 1. The van der Waals surface area contributed by atoms with Gasteiger partial charge < -0.3 is 10.1 Å². The van der Waals surface area contributed by atoms with Crippen LogP contribution in [0.15, 0.2) is 48.5 Å². The Morgan fingerprint density at radius 1 is 1.05 bits per heavy atom. The third kappa shape index (κ3) is 2.78. The minimum absolute atomic E-state index is 0.689. The predicted octanol–water partition coefficient (Wildman–Crippen LogP) is 4.95. The number of halogens is 1. The number of pyridine rings is 1. The van der Waals surface area contributed by atoms with Crippen LogP contribution < -0.4 is 10.1 Å². The number of benzene rings is 2. The van der Waals surface area contributed by atoms with Crippen LogP contribution in [0.3, 0.4) is 0 Å². The molecule has 0 fully saturated rings. The Morgan fingerprint density at radius 3 is 2.62 bits per heavy atom. The van der Waals surface area contributed by atoms with E-state index in [0.717, 1.165) is 33.7 Å². The molecule has 21 heavy (non-hydrogen) atoms. The van der Waals surface area contributed by atoms with E-state index in [4.69, 9.17) is 16.3 Å². The van der Waals surface area contributed by atoms with Crippen molar-refractivity contribution in [1.82, 2.24) is 4.98 Å². The van der Waals surface area contributed by atoms with Crippen LogP contribution in [0.4, 0.5) is 11.4 Å². The third-order valence-electron chi connectivity index (χ3n) is 3.29. The lowest BCUT2D eigenvalue weighted by Gasteiger charge is -2.12. The van der Waals surface area contributed by atoms with E-state index in [1.807, 2.05) is 55.5 Å². The molecule has 0 saturated carbocycles. The molecule has 0 aliphatic carbocycles. The highest BCUT2D eigenvalue weighted by atomic mass is 35.5. The number of nitrogens with zero attached hydrogens (tertiary/aromatic N) is 1. The highest BCUT2D eigenvalue weighted by Crippen LogP contribution is 2.31. The summed E-state index contributed by atoms with van der Waals surface area (Å²) in [4.78, 5) is 4.56. The fraction of sp³-hybridized carbons (Fsp3) is 0.118. The average molecular weight is 299 g/mol. The van der Waals surface area contributed by atoms with Gasteiger partial charge in [0.2, 0.25) is 0 Å². The van der Waals surface area contributed by atoms with Crippen LogP contribution in [-0.2, 0) is 0 Å². The molecule has 3 rings (SSSR count). The third-order valence-corrected chi connectivity index (χ3v) is 3.62. The number of ether oxygens (including phenoxy) is 1. The molecule has 2 aromatic carbocycles. The van der Waals surface area contributed by atoms with Gasteiger partial charge in [-0.05, 0) is 37.3 Å². The van der Waals surface area contributed by atoms with Gasteiger partial charge in [-0.3, -0.25) is 4.98 Å². The number of rotatable bonds is 3. The van der Waals surface area contributed by atoms with E-state index in [2.05, 4.69) is 10.3 Å². The molecule has 1 N–H and O–H groups in total. The smallest absolute Gasteiger partial charge is 0.121 e. The topological polar surface area (TPSA) is 34.1 Å². The second kappa shape index (κ2) is 5.62. The summed E-state index contributed by atoms with van der Waals surface area (Å²) in [6, 6.07) is 15.5. The van der Waals surface area contributed by atoms with Crippen LogP contribution in [0.2, 0.25) is 5.02 Å². The molecule has 4 heteroatoms. The molecule has 0 bridgehead atoms. The van der Waals surface area contributed by atoms with Crippen molar-refractivity contribution in [3.05, 3.63) is 59.2 Å². The average Bonchev–Trinajstić information content (AvgIpc) is 2.48. The molecule has 1 aromatic heterocycles. The second-order valence-electron chi connectivity index (χ2n) is 4.80. The highest BCUT2D eigenvalue weighted by molar-refractivity contribution is 6.33. The molecular formula is C17H15ClN2O. The summed E-state index contributed by atoms with van der Waals surface area (Å²) in [6.07, 6.45) is 0. The molecule has 3 nitrogen and oxygen atoms in total. The van der Waals surface area contributed by atoms with E-state index in [1.54, 1.807) is 7.11 Å². The van der Waals surface area contributed by atoms with Gasteiger partial charge in [0.25, 0.3) is 0 Å². The molecule has 106 valence electrons. The maximum absolute atomic E-state index is 6.21. The molecule has 1 heterocycles. The summed E-state index contributed by atoms with van der Waals surface area (Å²) in [5, 5.41) is 5.10. The number of hydrogen-bond acceptors (Lipinski definition) is 3. The number of nitrogens with one attached hydrogen (secondary N) is 1. The number of aromatic nitrogens is 1. The molecule has 0 radical (unpaired) electrons. The van der Waals surface area contributed by atoms with E-state index < -0.39 is 0 Å². The standard InChI is InChI=1S/C17H15ClN2O/c1-11-9-16(20-15-6-4-3-5-14(15)18)13-8-7-12(21-2)10-17(13)19-11/h3-10H,1-2H3,(H,19,20). The van der Waals surface area contributed by atoms with Crippen LogP contribution in [0.1, 0.15) is 5.69 Å². The zero-order valence-corrected chi connectivity index (χ0v) is 12.6. The largest absolute Gasteiger partial charge is 0.497 e. The van der Waals surface area contributed by atoms with Crippen LogP contribution in [0.25, 0.3) is 10.9 Å². The second-order valence-corrected chi connectivity index (χ2v) is 5.21. The summed E-state index contributed by atoms with van der Waals surface area (Å²) in [7, 11) is 1.65. The van der Waals surface area contributed by atoms with Crippen LogP contribution in [0.5, 0.6) is 5.75 Å². The first kappa shape index (κ1) is 13.7. The van der Waals surface area contributed by atoms with Gasteiger partial charge in [0.1, 0.15) is 5.75 Å². The zero-order chi connectivity index (χ0) is 14.8. The Labute approximate surface area is 128 Å². The van der Waals surface area contributed by atoms with Crippen molar-refractivity contribution in [3.63, 3.8) is 0 Å². The van der Waals surface area contributed by atoms with Gasteiger partial charge in [0, 0.05) is 22.8 Å². The molecule has 0 aliphatic heterocycles. The van der Waals surface area contributed by atoms with E-state index in [9.17, 15) is 0 Å². The Hall–Kier alpha value is -2.26. The maximum Gasteiger partial charge on any atom is 0.121 e. The summed E-state index contributed by atoms with van der Waals surface area (Å²) in [6.45, 7) is 1.97. The Kier molecular flexibility index (Phi) is 3.67. The normalized spacial score (nSPS) is 10.6.